The lowest BCUT2D eigenvalue weighted by molar-refractivity contribution is 0.306. The van der Waals surface area contributed by atoms with Gasteiger partial charge < -0.3 is 0 Å². The SMILES string of the molecule is CCC1CC2CC2C=CCC1C. The van der Waals surface area contributed by atoms with Crippen molar-refractivity contribution in [2.24, 2.45) is 23.7 Å². The molecule has 2 rings (SSSR count). The van der Waals surface area contributed by atoms with Crippen molar-refractivity contribution in [2.75, 3.05) is 0 Å². The van der Waals surface area contributed by atoms with Gasteiger partial charge in [0.15, 0.2) is 0 Å². The van der Waals surface area contributed by atoms with Crippen LogP contribution in [-0.4, -0.2) is 0 Å². The summed E-state index contributed by atoms with van der Waals surface area (Å²) in [6.07, 6.45) is 10.6. The molecule has 4 unspecified atom stereocenters. The zero-order valence-corrected chi connectivity index (χ0v) is 8.29. The summed E-state index contributed by atoms with van der Waals surface area (Å²) in [5.74, 6) is 3.97. The smallest absolute Gasteiger partial charge is 0.0202 e. The molecule has 1 saturated carbocycles. The summed E-state index contributed by atoms with van der Waals surface area (Å²) in [6, 6.07) is 0. The van der Waals surface area contributed by atoms with E-state index in [4.69, 9.17) is 0 Å². The van der Waals surface area contributed by atoms with E-state index < -0.39 is 0 Å². The van der Waals surface area contributed by atoms with Crippen molar-refractivity contribution in [3.8, 4) is 0 Å². The van der Waals surface area contributed by atoms with Crippen molar-refractivity contribution < 1.29 is 0 Å². The van der Waals surface area contributed by atoms with Crippen LogP contribution in [0.4, 0.5) is 0 Å². The third kappa shape index (κ3) is 1.57. The monoisotopic (exact) mass is 164 g/mol. The topological polar surface area (TPSA) is 0 Å². The molecule has 0 bridgehead atoms. The first-order valence-corrected chi connectivity index (χ1v) is 5.48. The number of allylic oxidation sites excluding steroid dienone is 2. The zero-order chi connectivity index (χ0) is 8.55. The van der Waals surface area contributed by atoms with E-state index in [-0.39, 0.29) is 0 Å². The fourth-order valence-corrected chi connectivity index (χ4v) is 2.63. The molecule has 0 radical (unpaired) electrons. The van der Waals surface area contributed by atoms with Gasteiger partial charge in [-0.2, -0.15) is 0 Å². The molecule has 2 aliphatic rings. The maximum absolute atomic E-state index is 2.47. The minimum atomic E-state index is 0.924. The van der Waals surface area contributed by atoms with Gasteiger partial charge in [-0.3, -0.25) is 0 Å². The molecule has 0 N–H and O–H groups in total. The molecule has 68 valence electrons. The van der Waals surface area contributed by atoms with Crippen LogP contribution in [0, 0.1) is 23.7 Å². The van der Waals surface area contributed by atoms with Gasteiger partial charge in [0.05, 0.1) is 0 Å². The Labute approximate surface area is 76.1 Å². The third-order valence-electron chi connectivity index (χ3n) is 3.80. The molecule has 1 fully saturated rings. The van der Waals surface area contributed by atoms with E-state index in [9.17, 15) is 0 Å². The standard InChI is InChI=1S/C12H20/c1-3-10-7-12-8-11(12)6-4-5-9(10)2/h4,6,9-12H,3,5,7-8H2,1-2H3. The lowest BCUT2D eigenvalue weighted by Gasteiger charge is -2.22. The van der Waals surface area contributed by atoms with E-state index in [0.717, 1.165) is 23.7 Å². The Balaban J connectivity index is 2.01. The molecule has 12 heavy (non-hydrogen) atoms. The number of fused-ring (bicyclic) bond motifs is 1. The van der Waals surface area contributed by atoms with Crippen LogP contribution in [0.3, 0.4) is 0 Å². The van der Waals surface area contributed by atoms with Gasteiger partial charge in [0.1, 0.15) is 0 Å². The van der Waals surface area contributed by atoms with E-state index >= 15 is 0 Å². The van der Waals surface area contributed by atoms with E-state index in [0.29, 0.717) is 0 Å². The van der Waals surface area contributed by atoms with Crippen molar-refractivity contribution in [3.63, 3.8) is 0 Å². The fourth-order valence-electron chi connectivity index (χ4n) is 2.63. The van der Waals surface area contributed by atoms with Crippen molar-refractivity contribution in [1.82, 2.24) is 0 Å². The summed E-state index contributed by atoms with van der Waals surface area (Å²) < 4.78 is 0. The first kappa shape index (κ1) is 8.34. The van der Waals surface area contributed by atoms with Crippen LogP contribution in [0.1, 0.15) is 39.5 Å². The molecule has 0 aliphatic heterocycles. The minimum Gasteiger partial charge on any atom is -0.0880 e. The second-order valence-electron chi connectivity index (χ2n) is 4.70. The lowest BCUT2D eigenvalue weighted by Crippen LogP contribution is -2.12. The van der Waals surface area contributed by atoms with Crippen LogP contribution in [-0.2, 0) is 0 Å². The first-order chi connectivity index (χ1) is 5.81. The van der Waals surface area contributed by atoms with Crippen molar-refractivity contribution in [1.29, 1.82) is 0 Å². The Morgan fingerprint density at radius 1 is 1.33 bits per heavy atom. The van der Waals surface area contributed by atoms with Gasteiger partial charge in [-0.15, -0.1) is 0 Å². The largest absolute Gasteiger partial charge is 0.0880 e. The summed E-state index contributed by atoms with van der Waals surface area (Å²) in [7, 11) is 0. The maximum atomic E-state index is 2.47. The van der Waals surface area contributed by atoms with Crippen LogP contribution in [0.2, 0.25) is 0 Å². The summed E-state index contributed by atoms with van der Waals surface area (Å²) in [5.41, 5.74) is 0. The molecule has 0 heteroatoms. The number of hydrogen-bond acceptors (Lipinski definition) is 0. The molecule has 0 spiro atoms. The van der Waals surface area contributed by atoms with Gasteiger partial charge in [0, 0.05) is 0 Å². The highest BCUT2D eigenvalue weighted by molar-refractivity contribution is 5.04. The molecule has 0 heterocycles. The van der Waals surface area contributed by atoms with Gasteiger partial charge in [-0.05, 0) is 42.9 Å². The Bertz CT molecular complexity index is 180. The minimum absolute atomic E-state index is 0.924. The van der Waals surface area contributed by atoms with Gasteiger partial charge in [0.25, 0.3) is 0 Å². The van der Waals surface area contributed by atoms with Gasteiger partial charge in [-0.25, -0.2) is 0 Å². The van der Waals surface area contributed by atoms with Crippen molar-refractivity contribution >= 4 is 0 Å². The van der Waals surface area contributed by atoms with Crippen LogP contribution in [0.25, 0.3) is 0 Å². The normalized spacial score (nSPS) is 46.2. The Hall–Kier alpha value is -0.260. The molecule has 0 amide bonds. The van der Waals surface area contributed by atoms with E-state index in [1.54, 1.807) is 0 Å². The predicted molar refractivity (Wildman–Crippen MR) is 52.9 cm³/mol. The summed E-state index contributed by atoms with van der Waals surface area (Å²) in [6.45, 7) is 4.77. The molecule has 4 atom stereocenters. The lowest BCUT2D eigenvalue weighted by atomic mass is 9.83. The Morgan fingerprint density at radius 2 is 2.17 bits per heavy atom. The average Bonchev–Trinajstić information content (AvgIpc) is 2.75. The molecule has 0 saturated heterocycles. The third-order valence-corrected chi connectivity index (χ3v) is 3.80. The van der Waals surface area contributed by atoms with Crippen LogP contribution in [0.15, 0.2) is 12.2 Å². The second kappa shape index (κ2) is 3.24. The quantitative estimate of drug-likeness (QED) is 0.519. The van der Waals surface area contributed by atoms with E-state index in [1.807, 2.05) is 0 Å². The van der Waals surface area contributed by atoms with Crippen LogP contribution in [0.5, 0.6) is 0 Å². The molecular formula is C12H20. The van der Waals surface area contributed by atoms with Crippen molar-refractivity contribution in [3.05, 3.63) is 12.2 Å². The second-order valence-corrected chi connectivity index (χ2v) is 4.70. The predicted octanol–water partition coefficient (Wildman–Crippen LogP) is 3.63. The summed E-state index contributed by atoms with van der Waals surface area (Å²) in [5, 5.41) is 0. The molecule has 0 aromatic rings. The summed E-state index contributed by atoms with van der Waals surface area (Å²) >= 11 is 0. The molecule has 0 nitrogen and oxygen atoms in total. The Kier molecular flexibility index (Phi) is 2.25. The zero-order valence-electron chi connectivity index (χ0n) is 8.29. The van der Waals surface area contributed by atoms with Gasteiger partial charge >= 0.3 is 0 Å². The molecule has 2 aliphatic carbocycles. The highest BCUT2D eigenvalue weighted by atomic mass is 14.4. The Morgan fingerprint density at radius 3 is 2.92 bits per heavy atom. The highest BCUT2D eigenvalue weighted by Crippen LogP contribution is 2.47. The number of hydrogen-bond donors (Lipinski definition) is 0. The van der Waals surface area contributed by atoms with Gasteiger partial charge in [-0.1, -0.05) is 32.4 Å². The van der Waals surface area contributed by atoms with Crippen LogP contribution >= 0.6 is 0 Å². The van der Waals surface area contributed by atoms with E-state index in [2.05, 4.69) is 26.0 Å². The maximum Gasteiger partial charge on any atom is -0.0202 e. The average molecular weight is 164 g/mol. The highest BCUT2D eigenvalue weighted by Gasteiger charge is 2.37. The first-order valence-electron chi connectivity index (χ1n) is 5.48. The number of rotatable bonds is 1. The van der Waals surface area contributed by atoms with E-state index in [1.165, 1.54) is 25.7 Å². The summed E-state index contributed by atoms with van der Waals surface area (Å²) in [4.78, 5) is 0. The fraction of sp³-hybridized carbons (Fsp3) is 0.833. The van der Waals surface area contributed by atoms with Crippen LogP contribution < -0.4 is 0 Å². The van der Waals surface area contributed by atoms with Crippen molar-refractivity contribution in [2.45, 2.75) is 39.5 Å². The molecule has 0 aromatic carbocycles. The van der Waals surface area contributed by atoms with Gasteiger partial charge in [0.2, 0.25) is 0 Å². The molecule has 0 aromatic heterocycles. The molecular weight excluding hydrogens is 144 g/mol.